The Labute approximate surface area is 183 Å². The lowest BCUT2D eigenvalue weighted by Gasteiger charge is -2.14. The molecule has 0 aliphatic heterocycles. The first kappa shape index (κ1) is 22.3. The Morgan fingerprint density at radius 3 is 2.45 bits per heavy atom. The van der Waals surface area contributed by atoms with Crippen molar-refractivity contribution in [3.63, 3.8) is 0 Å². The van der Waals surface area contributed by atoms with Crippen molar-refractivity contribution >= 4 is 17.6 Å². The maximum Gasteiger partial charge on any atom is 0.258 e. The van der Waals surface area contributed by atoms with Gasteiger partial charge in [-0.2, -0.15) is 0 Å². The molecule has 2 aromatic rings. The van der Waals surface area contributed by atoms with Crippen LogP contribution < -0.4 is 30.2 Å². The summed E-state index contributed by atoms with van der Waals surface area (Å²) in [7, 11) is 4.94. The van der Waals surface area contributed by atoms with Crippen molar-refractivity contribution in [3.8, 4) is 17.2 Å². The number of carbonyl (C=O) groups is 1. The largest absolute Gasteiger partial charge is 0.493 e. The fraction of sp³-hybridized carbons (Fsp3) is 0.391. The highest BCUT2D eigenvalue weighted by atomic mass is 16.5. The number of nitrogens with zero attached hydrogens (tertiary/aromatic N) is 1. The number of anilines is 1. The second kappa shape index (κ2) is 11.1. The zero-order valence-electron chi connectivity index (χ0n) is 18.2. The van der Waals surface area contributed by atoms with E-state index >= 15 is 0 Å². The lowest BCUT2D eigenvalue weighted by Crippen LogP contribution is -2.32. The fourth-order valence-electron chi connectivity index (χ4n) is 2.95. The van der Waals surface area contributed by atoms with E-state index in [9.17, 15) is 4.79 Å². The van der Waals surface area contributed by atoms with Crippen LogP contribution in [0.15, 0.2) is 47.5 Å². The summed E-state index contributed by atoms with van der Waals surface area (Å²) in [4.78, 5) is 15.9. The van der Waals surface area contributed by atoms with Crippen LogP contribution in [0.3, 0.4) is 0 Å². The topological polar surface area (TPSA) is 93.2 Å². The van der Waals surface area contributed by atoms with E-state index < -0.39 is 0 Å². The molecule has 0 radical (unpaired) electrons. The van der Waals surface area contributed by atoms with Crippen LogP contribution in [0.1, 0.15) is 18.4 Å². The van der Waals surface area contributed by atoms with Gasteiger partial charge in [0, 0.05) is 31.4 Å². The van der Waals surface area contributed by atoms with E-state index in [2.05, 4.69) is 20.9 Å². The number of methoxy groups -OCH3 is 2. The number of rotatable bonds is 10. The Hall–Kier alpha value is -3.42. The molecular formula is C23H30N4O4. The van der Waals surface area contributed by atoms with Gasteiger partial charge in [0.15, 0.2) is 24.1 Å². The quantitative estimate of drug-likeness (QED) is 0.399. The van der Waals surface area contributed by atoms with Crippen LogP contribution in [0.5, 0.6) is 17.2 Å². The van der Waals surface area contributed by atoms with Crippen molar-refractivity contribution in [1.29, 1.82) is 0 Å². The first-order valence-corrected chi connectivity index (χ1v) is 10.3. The Morgan fingerprint density at radius 1 is 1.06 bits per heavy atom. The van der Waals surface area contributed by atoms with Gasteiger partial charge in [-0.05, 0) is 49.1 Å². The standard InChI is InChI=1S/C23H30N4O4/c1-24-23(27-18-8-11-20(29-2)21(14-18)30-3)25-13-12-16-4-9-19(10-5-16)31-15-22(28)26-17-6-7-17/h4-5,8-11,14,17H,6-7,12-13,15H2,1-3H3,(H,26,28)(H2,24,25,27). The van der Waals surface area contributed by atoms with Crippen LogP contribution in [0.25, 0.3) is 0 Å². The molecule has 8 nitrogen and oxygen atoms in total. The smallest absolute Gasteiger partial charge is 0.258 e. The average Bonchev–Trinajstić information content (AvgIpc) is 3.61. The van der Waals surface area contributed by atoms with E-state index in [1.54, 1.807) is 21.3 Å². The van der Waals surface area contributed by atoms with E-state index in [0.29, 0.717) is 35.8 Å². The van der Waals surface area contributed by atoms with E-state index in [1.807, 2.05) is 42.5 Å². The lowest BCUT2D eigenvalue weighted by atomic mass is 10.1. The van der Waals surface area contributed by atoms with Gasteiger partial charge in [0.2, 0.25) is 0 Å². The predicted octanol–water partition coefficient (Wildman–Crippen LogP) is 2.59. The molecule has 0 heterocycles. The molecule has 1 aliphatic carbocycles. The normalized spacial score (nSPS) is 13.3. The molecule has 0 bridgehead atoms. The van der Waals surface area contributed by atoms with Gasteiger partial charge in [0.1, 0.15) is 5.75 Å². The minimum absolute atomic E-state index is 0.0511. The summed E-state index contributed by atoms with van der Waals surface area (Å²) >= 11 is 0. The van der Waals surface area contributed by atoms with E-state index in [0.717, 1.165) is 30.5 Å². The average molecular weight is 427 g/mol. The summed E-state index contributed by atoms with van der Waals surface area (Å²) in [5.74, 6) is 2.61. The zero-order chi connectivity index (χ0) is 22.1. The van der Waals surface area contributed by atoms with Crippen molar-refractivity contribution in [2.75, 3.05) is 39.7 Å². The van der Waals surface area contributed by atoms with E-state index in [1.165, 1.54) is 0 Å². The number of guanidine groups is 1. The third-order valence-electron chi connectivity index (χ3n) is 4.81. The Bertz CT molecular complexity index is 895. The maximum absolute atomic E-state index is 11.7. The van der Waals surface area contributed by atoms with E-state index in [-0.39, 0.29) is 12.5 Å². The molecule has 0 aromatic heterocycles. The van der Waals surface area contributed by atoms with Gasteiger partial charge >= 0.3 is 0 Å². The lowest BCUT2D eigenvalue weighted by molar-refractivity contribution is -0.123. The zero-order valence-corrected chi connectivity index (χ0v) is 18.2. The molecule has 31 heavy (non-hydrogen) atoms. The molecule has 8 heteroatoms. The molecule has 0 spiro atoms. The highest BCUT2D eigenvalue weighted by Crippen LogP contribution is 2.29. The third-order valence-corrected chi connectivity index (χ3v) is 4.81. The fourth-order valence-corrected chi connectivity index (χ4v) is 2.95. The van der Waals surface area contributed by atoms with Crippen LogP contribution in [0, 0.1) is 0 Å². The molecular weight excluding hydrogens is 396 g/mol. The molecule has 3 N–H and O–H groups in total. The van der Waals surface area contributed by atoms with Gasteiger partial charge in [0.25, 0.3) is 5.91 Å². The number of carbonyl (C=O) groups excluding carboxylic acids is 1. The summed E-state index contributed by atoms with van der Waals surface area (Å²) in [5.41, 5.74) is 2.00. The monoisotopic (exact) mass is 426 g/mol. The molecule has 1 amide bonds. The molecule has 0 atom stereocenters. The summed E-state index contributed by atoms with van der Waals surface area (Å²) in [5, 5.41) is 9.44. The number of hydrogen-bond acceptors (Lipinski definition) is 5. The number of benzene rings is 2. The van der Waals surface area contributed by atoms with Crippen LogP contribution in [0.4, 0.5) is 5.69 Å². The highest BCUT2D eigenvalue weighted by molar-refractivity contribution is 5.93. The first-order valence-electron chi connectivity index (χ1n) is 10.3. The summed E-state index contributed by atoms with van der Waals surface area (Å²) in [6.07, 6.45) is 2.96. The van der Waals surface area contributed by atoms with Crippen molar-refractivity contribution in [2.45, 2.75) is 25.3 Å². The molecule has 0 unspecified atom stereocenters. The van der Waals surface area contributed by atoms with Crippen molar-refractivity contribution < 1.29 is 19.0 Å². The molecule has 1 fully saturated rings. The van der Waals surface area contributed by atoms with Crippen molar-refractivity contribution in [3.05, 3.63) is 48.0 Å². The SMILES string of the molecule is CN=C(NCCc1ccc(OCC(=O)NC2CC2)cc1)Nc1ccc(OC)c(OC)c1. The minimum atomic E-state index is -0.0656. The van der Waals surface area contributed by atoms with Crippen LogP contribution in [-0.4, -0.2) is 52.3 Å². The van der Waals surface area contributed by atoms with Crippen LogP contribution in [0.2, 0.25) is 0 Å². The Kier molecular flexibility index (Phi) is 7.98. The summed E-state index contributed by atoms with van der Waals surface area (Å²) in [6, 6.07) is 13.7. The third kappa shape index (κ3) is 7.09. The minimum Gasteiger partial charge on any atom is -0.493 e. The Balaban J connectivity index is 1.42. The van der Waals surface area contributed by atoms with Gasteiger partial charge in [-0.15, -0.1) is 0 Å². The number of hydrogen-bond donors (Lipinski definition) is 3. The van der Waals surface area contributed by atoms with Gasteiger partial charge in [-0.3, -0.25) is 9.79 Å². The molecule has 166 valence electrons. The maximum atomic E-state index is 11.7. The second-order valence-electron chi connectivity index (χ2n) is 7.22. The first-order chi connectivity index (χ1) is 15.1. The van der Waals surface area contributed by atoms with Crippen LogP contribution in [-0.2, 0) is 11.2 Å². The summed E-state index contributed by atoms with van der Waals surface area (Å²) < 4.78 is 16.1. The van der Waals surface area contributed by atoms with Crippen molar-refractivity contribution in [1.82, 2.24) is 10.6 Å². The number of amides is 1. The van der Waals surface area contributed by atoms with Crippen LogP contribution >= 0.6 is 0 Å². The van der Waals surface area contributed by atoms with E-state index in [4.69, 9.17) is 14.2 Å². The van der Waals surface area contributed by atoms with Gasteiger partial charge < -0.3 is 30.2 Å². The highest BCUT2D eigenvalue weighted by Gasteiger charge is 2.23. The van der Waals surface area contributed by atoms with Gasteiger partial charge in [0.05, 0.1) is 14.2 Å². The second-order valence-corrected chi connectivity index (χ2v) is 7.22. The molecule has 3 rings (SSSR count). The molecule has 0 saturated heterocycles. The molecule has 2 aromatic carbocycles. The predicted molar refractivity (Wildman–Crippen MR) is 121 cm³/mol. The van der Waals surface area contributed by atoms with Gasteiger partial charge in [-0.25, -0.2) is 0 Å². The van der Waals surface area contributed by atoms with Crippen molar-refractivity contribution in [2.24, 2.45) is 4.99 Å². The summed E-state index contributed by atoms with van der Waals surface area (Å²) in [6.45, 7) is 0.756. The number of aliphatic imine (C=N–C) groups is 1. The van der Waals surface area contributed by atoms with Gasteiger partial charge in [-0.1, -0.05) is 12.1 Å². The number of ether oxygens (including phenoxy) is 3. The molecule has 1 aliphatic rings. The Morgan fingerprint density at radius 2 is 1.81 bits per heavy atom. The number of nitrogens with one attached hydrogen (secondary N) is 3. The molecule has 1 saturated carbocycles.